The fourth-order valence-electron chi connectivity index (χ4n) is 2.66. The molecule has 0 bridgehead atoms. The topological polar surface area (TPSA) is 46.6 Å². The predicted octanol–water partition coefficient (Wildman–Crippen LogP) is 2.84. The van der Waals surface area contributed by atoms with Gasteiger partial charge in [-0.25, -0.2) is 0 Å². The van der Waals surface area contributed by atoms with Gasteiger partial charge in [0.1, 0.15) is 5.75 Å². The van der Waals surface area contributed by atoms with Crippen LogP contribution in [-0.4, -0.2) is 35.8 Å². The highest BCUT2D eigenvalue weighted by Crippen LogP contribution is 2.30. The number of hydrogen-bond donors (Lipinski definition) is 0. The summed E-state index contributed by atoms with van der Waals surface area (Å²) >= 11 is 0. The minimum atomic E-state index is -0.00531. The summed E-state index contributed by atoms with van der Waals surface area (Å²) in [5, 5.41) is 0. The summed E-state index contributed by atoms with van der Waals surface area (Å²) in [7, 11) is 1.58. The summed E-state index contributed by atoms with van der Waals surface area (Å²) < 4.78 is 5.32. The van der Waals surface area contributed by atoms with Gasteiger partial charge in [-0.15, -0.1) is 0 Å². The van der Waals surface area contributed by atoms with E-state index >= 15 is 0 Å². The molecule has 2 rings (SSSR count). The summed E-state index contributed by atoms with van der Waals surface area (Å²) in [6, 6.07) is 5.85. The summed E-state index contributed by atoms with van der Waals surface area (Å²) in [6.07, 6.45) is 2.46. The predicted molar refractivity (Wildman–Crippen MR) is 81.7 cm³/mol. The van der Waals surface area contributed by atoms with Gasteiger partial charge in [0.05, 0.1) is 13.5 Å². The number of amides is 1. The maximum atomic E-state index is 12.6. The molecule has 0 aromatic heterocycles. The molecule has 0 spiro atoms. The molecular weight excluding hydrogens is 266 g/mol. The number of nitrogens with zero attached hydrogens (tertiary/aromatic N) is 1. The molecule has 1 aliphatic rings. The molecule has 0 saturated heterocycles. The van der Waals surface area contributed by atoms with Crippen LogP contribution in [0.3, 0.4) is 0 Å². The lowest BCUT2D eigenvalue weighted by atomic mass is 10.0. The third-order valence-electron chi connectivity index (χ3n) is 3.81. The van der Waals surface area contributed by atoms with Crippen molar-refractivity contribution >= 4 is 11.7 Å². The standard InChI is InChI=1S/C17H23NO3/c1-11(2)18(15-6-7-15)17(20)10-14-9-13(12(3)19)5-8-16(14)21-4/h5,8-9,11,15H,6-7,10H2,1-4H3. The minimum Gasteiger partial charge on any atom is -0.496 e. The van der Waals surface area contributed by atoms with Crippen molar-refractivity contribution in [3.8, 4) is 5.75 Å². The highest BCUT2D eigenvalue weighted by Gasteiger charge is 2.34. The van der Waals surface area contributed by atoms with E-state index in [1.165, 1.54) is 6.92 Å². The van der Waals surface area contributed by atoms with Crippen LogP contribution in [0.4, 0.5) is 0 Å². The molecule has 0 heterocycles. The highest BCUT2D eigenvalue weighted by atomic mass is 16.5. The molecule has 4 nitrogen and oxygen atoms in total. The van der Waals surface area contributed by atoms with Gasteiger partial charge in [0.15, 0.2) is 5.78 Å². The monoisotopic (exact) mass is 289 g/mol. The Hall–Kier alpha value is -1.84. The molecule has 0 aliphatic heterocycles. The van der Waals surface area contributed by atoms with Crippen molar-refractivity contribution < 1.29 is 14.3 Å². The third-order valence-corrected chi connectivity index (χ3v) is 3.81. The molecule has 0 unspecified atom stereocenters. The molecule has 1 amide bonds. The number of ketones is 1. The van der Waals surface area contributed by atoms with Gasteiger partial charge < -0.3 is 9.64 Å². The van der Waals surface area contributed by atoms with Crippen LogP contribution in [0.2, 0.25) is 0 Å². The molecule has 0 atom stereocenters. The quantitative estimate of drug-likeness (QED) is 0.757. The van der Waals surface area contributed by atoms with Gasteiger partial charge in [-0.1, -0.05) is 0 Å². The number of methoxy groups -OCH3 is 1. The first kappa shape index (κ1) is 15.5. The average molecular weight is 289 g/mol. The first-order valence-electron chi connectivity index (χ1n) is 7.43. The van der Waals surface area contributed by atoms with Crippen molar-refractivity contribution in [1.82, 2.24) is 4.90 Å². The zero-order valence-electron chi connectivity index (χ0n) is 13.2. The van der Waals surface area contributed by atoms with Gasteiger partial charge in [0, 0.05) is 23.2 Å². The van der Waals surface area contributed by atoms with E-state index in [1.54, 1.807) is 25.3 Å². The van der Waals surface area contributed by atoms with Crippen LogP contribution in [-0.2, 0) is 11.2 Å². The van der Waals surface area contributed by atoms with E-state index in [0.717, 1.165) is 18.4 Å². The number of ether oxygens (including phenoxy) is 1. The van der Waals surface area contributed by atoms with Crippen molar-refractivity contribution in [2.24, 2.45) is 0 Å². The smallest absolute Gasteiger partial charge is 0.227 e. The van der Waals surface area contributed by atoms with Gasteiger partial charge >= 0.3 is 0 Å². The molecule has 0 radical (unpaired) electrons. The molecule has 114 valence electrons. The lowest BCUT2D eigenvalue weighted by Gasteiger charge is -2.27. The molecule has 21 heavy (non-hydrogen) atoms. The van der Waals surface area contributed by atoms with E-state index in [4.69, 9.17) is 4.74 Å². The first-order chi connectivity index (χ1) is 9.93. The molecule has 0 N–H and O–H groups in total. The van der Waals surface area contributed by atoms with Gasteiger partial charge in [-0.05, 0) is 51.8 Å². The molecule has 1 fully saturated rings. The van der Waals surface area contributed by atoms with Gasteiger partial charge in [0.2, 0.25) is 5.91 Å². The van der Waals surface area contributed by atoms with Crippen LogP contribution < -0.4 is 4.74 Å². The number of carbonyl (C=O) groups excluding carboxylic acids is 2. The van der Waals surface area contributed by atoms with Crippen LogP contribution in [0.15, 0.2) is 18.2 Å². The number of carbonyl (C=O) groups is 2. The van der Waals surface area contributed by atoms with Crippen LogP contribution in [0.25, 0.3) is 0 Å². The number of hydrogen-bond acceptors (Lipinski definition) is 3. The molecule has 1 aromatic rings. The summed E-state index contributed by atoms with van der Waals surface area (Å²) in [5.41, 5.74) is 1.39. The normalized spacial score (nSPS) is 14.1. The Morgan fingerprint density at radius 2 is 2.00 bits per heavy atom. The van der Waals surface area contributed by atoms with E-state index in [0.29, 0.717) is 17.4 Å². The second-order valence-electron chi connectivity index (χ2n) is 5.89. The second kappa shape index (κ2) is 6.29. The van der Waals surface area contributed by atoms with E-state index in [2.05, 4.69) is 0 Å². The van der Waals surface area contributed by atoms with Gasteiger partial charge in [0.25, 0.3) is 0 Å². The summed E-state index contributed by atoms with van der Waals surface area (Å²) in [5.74, 6) is 0.758. The van der Waals surface area contributed by atoms with Crippen LogP contribution >= 0.6 is 0 Å². The number of rotatable bonds is 6. The van der Waals surface area contributed by atoms with Crippen molar-refractivity contribution in [1.29, 1.82) is 0 Å². The molecule has 1 aromatic carbocycles. The Morgan fingerprint density at radius 3 is 2.48 bits per heavy atom. The number of Topliss-reactive ketones (excluding diaryl/α,β-unsaturated/α-hetero) is 1. The SMILES string of the molecule is COc1ccc(C(C)=O)cc1CC(=O)N(C(C)C)C1CC1. The third kappa shape index (κ3) is 3.63. The van der Waals surface area contributed by atoms with Gasteiger partial charge in [-0.2, -0.15) is 0 Å². The fourth-order valence-corrected chi connectivity index (χ4v) is 2.66. The van der Waals surface area contributed by atoms with E-state index in [1.807, 2.05) is 18.7 Å². The van der Waals surface area contributed by atoms with Crippen molar-refractivity contribution in [3.05, 3.63) is 29.3 Å². The Labute approximate surface area is 126 Å². The van der Waals surface area contributed by atoms with Crippen LogP contribution in [0.5, 0.6) is 5.75 Å². The Morgan fingerprint density at radius 1 is 1.33 bits per heavy atom. The maximum absolute atomic E-state index is 12.6. The van der Waals surface area contributed by atoms with Crippen molar-refractivity contribution in [2.45, 2.75) is 52.1 Å². The van der Waals surface area contributed by atoms with Crippen LogP contribution in [0, 0.1) is 0 Å². The van der Waals surface area contributed by atoms with E-state index < -0.39 is 0 Å². The maximum Gasteiger partial charge on any atom is 0.227 e. The zero-order valence-corrected chi connectivity index (χ0v) is 13.2. The Bertz CT molecular complexity index is 545. The average Bonchev–Trinajstić information content (AvgIpc) is 3.22. The van der Waals surface area contributed by atoms with Crippen LogP contribution in [0.1, 0.15) is 49.5 Å². The lowest BCUT2D eigenvalue weighted by Crippen LogP contribution is -2.39. The first-order valence-corrected chi connectivity index (χ1v) is 7.43. The zero-order chi connectivity index (χ0) is 15.6. The number of benzene rings is 1. The molecule has 1 saturated carbocycles. The van der Waals surface area contributed by atoms with Crippen molar-refractivity contribution in [3.63, 3.8) is 0 Å². The Kier molecular flexibility index (Phi) is 4.66. The summed E-state index contributed by atoms with van der Waals surface area (Å²) in [4.78, 5) is 26.0. The van der Waals surface area contributed by atoms with E-state index in [-0.39, 0.29) is 24.2 Å². The molecule has 4 heteroatoms. The summed E-state index contributed by atoms with van der Waals surface area (Å²) in [6.45, 7) is 5.61. The second-order valence-corrected chi connectivity index (χ2v) is 5.89. The van der Waals surface area contributed by atoms with E-state index in [9.17, 15) is 9.59 Å². The van der Waals surface area contributed by atoms with Crippen molar-refractivity contribution in [2.75, 3.05) is 7.11 Å². The molecule has 1 aliphatic carbocycles. The highest BCUT2D eigenvalue weighted by molar-refractivity contribution is 5.94. The Balaban J connectivity index is 2.22. The largest absolute Gasteiger partial charge is 0.496 e. The minimum absolute atomic E-state index is 0.00531. The van der Waals surface area contributed by atoms with Gasteiger partial charge in [-0.3, -0.25) is 9.59 Å². The molecular formula is C17H23NO3. The fraction of sp³-hybridized carbons (Fsp3) is 0.529. The lowest BCUT2D eigenvalue weighted by molar-refractivity contribution is -0.132.